The Bertz CT molecular complexity index is 407. The van der Waals surface area contributed by atoms with Crippen LogP contribution < -0.4 is 28.5 Å². The molecule has 0 saturated carbocycles. The Balaban J connectivity index is 0.000000963. The number of amides is 1. The van der Waals surface area contributed by atoms with Crippen molar-refractivity contribution in [3.63, 3.8) is 0 Å². The van der Waals surface area contributed by atoms with Gasteiger partial charge in [-0.25, -0.2) is 9.36 Å². The van der Waals surface area contributed by atoms with Gasteiger partial charge in [0, 0.05) is 0 Å². The van der Waals surface area contributed by atoms with E-state index in [2.05, 4.69) is 0 Å². The lowest BCUT2D eigenvalue weighted by Crippen LogP contribution is -3.00. The van der Waals surface area contributed by atoms with Crippen LogP contribution >= 0.6 is 0 Å². The number of aryl methyl sites for hydroxylation is 1. The summed E-state index contributed by atoms with van der Waals surface area (Å²) in [6.07, 6.45) is 6.70. The molecule has 2 atom stereocenters. The number of fused-ring (bicyclic) bond motifs is 2. The number of morpholine rings is 1. The molecule has 5 nitrogen and oxygen atoms in total. The Kier molecular flexibility index (Phi) is 3.20. The lowest BCUT2D eigenvalue weighted by atomic mass is 10.2. The molecule has 16 heavy (non-hydrogen) atoms. The standard InChI is InChI=1S/C10H14N3O2.HI/c1-11-2-3-12(7-11)10(14)13-5-9-4-8(13)6-15-9;/h2-3,7-9H,4-6H2,1H3;1H/q+1;/p-1/t8-,9-;/m0./s1. The van der Waals surface area contributed by atoms with Gasteiger partial charge in [0.2, 0.25) is 0 Å². The zero-order valence-electron chi connectivity index (χ0n) is 9.04. The monoisotopic (exact) mass is 335 g/mol. The SMILES string of the molecule is C[n+]1ccn(C(=O)N2C[C@@H]3C[C@H]2CO3)c1.[I-]. The van der Waals surface area contributed by atoms with Crippen molar-refractivity contribution in [3.05, 3.63) is 18.7 Å². The molecule has 0 unspecified atom stereocenters. The second-order valence-corrected chi connectivity index (χ2v) is 4.27. The maximum absolute atomic E-state index is 12.1. The number of likely N-dealkylation sites (tertiary alicyclic amines) is 1. The summed E-state index contributed by atoms with van der Waals surface area (Å²) in [4.78, 5) is 14.0. The molecule has 0 N–H and O–H groups in total. The highest BCUT2D eigenvalue weighted by atomic mass is 127. The maximum atomic E-state index is 12.1. The van der Waals surface area contributed by atoms with Crippen LogP contribution in [0.1, 0.15) is 6.42 Å². The first-order valence-corrected chi connectivity index (χ1v) is 5.20. The first kappa shape index (κ1) is 11.8. The van der Waals surface area contributed by atoms with E-state index in [-0.39, 0.29) is 42.2 Å². The minimum atomic E-state index is 0. The van der Waals surface area contributed by atoms with Crippen LogP contribution in [0.5, 0.6) is 0 Å². The van der Waals surface area contributed by atoms with Crippen molar-refractivity contribution >= 4 is 6.03 Å². The van der Waals surface area contributed by atoms with Crippen molar-refractivity contribution in [3.8, 4) is 0 Å². The molecule has 2 bridgehead atoms. The summed E-state index contributed by atoms with van der Waals surface area (Å²) in [7, 11) is 1.91. The molecule has 88 valence electrons. The van der Waals surface area contributed by atoms with Gasteiger partial charge in [0.1, 0.15) is 12.4 Å². The number of nitrogens with zero attached hydrogens (tertiary/aromatic N) is 3. The van der Waals surface area contributed by atoms with Crippen LogP contribution in [-0.2, 0) is 11.8 Å². The van der Waals surface area contributed by atoms with Crippen molar-refractivity contribution in [2.75, 3.05) is 13.2 Å². The second-order valence-electron chi connectivity index (χ2n) is 4.27. The predicted octanol–water partition coefficient (Wildman–Crippen LogP) is -3.24. The van der Waals surface area contributed by atoms with Gasteiger partial charge in [-0.2, -0.15) is 4.57 Å². The molecule has 0 spiro atoms. The normalized spacial score (nSPS) is 26.9. The van der Waals surface area contributed by atoms with E-state index in [4.69, 9.17) is 4.74 Å². The molecule has 0 aromatic carbocycles. The molecule has 2 fully saturated rings. The fourth-order valence-corrected chi connectivity index (χ4v) is 2.35. The maximum Gasteiger partial charge on any atom is 0.416 e. The highest BCUT2D eigenvalue weighted by Gasteiger charge is 2.43. The minimum absolute atomic E-state index is 0. The van der Waals surface area contributed by atoms with Crippen molar-refractivity contribution in [1.82, 2.24) is 9.47 Å². The molecule has 1 amide bonds. The van der Waals surface area contributed by atoms with Gasteiger partial charge < -0.3 is 28.7 Å². The Labute approximate surface area is 111 Å². The number of aromatic nitrogens is 2. The van der Waals surface area contributed by atoms with Crippen molar-refractivity contribution in [2.24, 2.45) is 7.05 Å². The molecule has 6 heteroatoms. The van der Waals surface area contributed by atoms with E-state index in [1.807, 2.05) is 22.7 Å². The van der Waals surface area contributed by atoms with Crippen LogP contribution in [0.2, 0.25) is 0 Å². The minimum Gasteiger partial charge on any atom is -1.00 e. The number of ether oxygens (including phenoxy) is 1. The second kappa shape index (κ2) is 4.33. The third-order valence-corrected chi connectivity index (χ3v) is 3.14. The summed E-state index contributed by atoms with van der Waals surface area (Å²) >= 11 is 0. The molecule has 3 rings (SSSR count). The Morgan fingerprint density at radius 3 is 2.88 bits per heavy atom. The average Bonchev–Trinajstić information content (AvgIpc) is 2.90. The third kappa shape index (κ3) is 1.84. The van der Waals surface area contributed by atoms with Crippen LogP contribution in [0, 0.1) is 0 Å². The lowest BCUT2D eigenvalue weighted by Gasteiger charge is -2.24. The molecule has 2 saturated heterocycles. The summed E-state index contributed by atoms with van der Waals surface area (Å²) < 4.78 is 8.95. The lowest BCUT2D eigenvalue weighted by molar-refractivity contribution is -0.670. The van der Waals surface area contributed by atoms with Crippen LogP contribution in [0.4, 0.5) is 4.79 Å². The number of halogens is 1. The molecule has 3 heterocycles. The van der Waals surface area contributed by atoms with E-state index >= 15 is 0 Å². The Hall–Kier alpha value is -0.630. The number of rotatable bonds is 0. The molecule has 1 aromatic rings. The summed E-state index contributed by atoms with van der Waals surface area (Å²) in [6.45, 7) is 1.44. The van der Waals surface area contributed by atoms with Crippen molar-refractivity contribution in [1.29, 1.82) is 0 Å². The first-order chi connectivity index (χ1) is 7.24. The third-order valence-electron chi connectivity index (χ3n) is 3.14. The van der Waals surface area contributed by atoms with Gasteiger partial charge in [-0.05, 0) is 6.42 Å². The largest absolute Gasteiger partial charge is 1.00 e. The number of carbonyl (C=O) groups excluding carboxylic acids is 1. The molecule has 2 aliphatic rings. The summed E-state index contributed by atoms with van der Waals surface area (Å²) in [5, 5.41) is 0. The van der Waals surface area contributed by atoms with Gasteiger partial charge in [0.25, 0.3) is 6.33 Å². The van der Waals surface area contributed by atoms with Gasteiger partial charge in [0.15, 0.2) is 0 Å². The van der Waals surface area contributed by atoms with Crippen molar-refractivity contribution in [2.45, 2.75) is 18.6 Å². The van der Waals surface area contributed by atoms with Crippen LogP contribution in [-0.4, -0.2) is 40.8 Å². The quantitative estimate of drug-likeness (QED) is 0.369. The summed E-state index contributed by atoms with van der Waals surface area (Å²) in [6, 6.07) is 0.349. The Morgan fingerprint density at radius 1 is 1.56 bits per heavy atom. The molecule has 1 aromatic heterocycles. The number of hydrogen-bond acceptors (Lipinski definition) is 2. The summed E-state index contributed by atoms with van der Waals surface area (Å²) in [5.74, 6) is 0. The van der Waals surface area contributed by atoms with E-state index in [9.17, 15) is 4.79 Å². The van der Waals surface area contributed by atoms with E-state index < -0.39 is 0 Å². The summed E-state index contributed by atoms with van der Waals surface area (Å²) in [5.41, 5.74) is 0. The van der Waals surface area contributed by atoms with Gasteiger partial charge in [-0.15, -0.1) is 0 Å². The van der Waals surface area contributed by atoms with Gasteiger partial charge >= 0.3 is 6.03 Å². The average molecular weight is 335 g/mol. The zero-order chi connectivity index (χ0) is 10.4. The molecule has 0 radical (unpaired) electrons. The van der Waals surface area contributed by atoms with E-state index in [0.29, 0.717) is 6.61 Å². The fraction of sp³-hybridized carbons (Fsp3) is 0.600. The zero-order valence-corrected chi connectivity index (χ0v) is 11.2. The number of imidazole rings is 1. The van der Waals surface area contributed by atoms with Crippen molar-refractivity contribution < 1.29 is 38.1 Å². The predicted molar refractivity (Wildman–Crippen MR) is 51.3 cm³/mol. The van der Waals surface area contributed by atoms with E-state index in [1.54, 1.807) is 17.1 Å². The molecular formula is C10H14IN3O2. The van der Waals surface area contributed by atoms with Crippen LogP contribution in [0.15, 0.2) is 18.7 Å². The highest BCUT2D eigenvalue weighted by molar-refractivity contribution is 5.77. The number of hydrogen-bond donors (Lipinski definition) is 0. The van der Waals surface area contributed by atoms with Gasteiger partial charge in [0.05, 0.1) is 32.3 Å². The topological polar surface area (TPSA) is 38.3 Å². The smallest absolute Gasteiger partial charge is 0.416 e. The van der Waals surface area contributed by atoms with E-state index in [0.717, 1.165) is 13.0 Å². The first-order valence-electron chi connectivity index (χ1n) is 5.20. The van der Waals surface area contributed by atoms with Crippen LogP contribution in [0.25, 0.3) is 0 Å². The Morgan fingerprint density at radius 2 is 2.38 bits per heavy atom. The number of carbonyl (C=O) groups is 1. The molecule has 0 aliphatic carbocycles. The van der Waals surface area contributed by atoms with E-state index in [1.165, 1.54) is 0 Å². The van der Waals surface area contributed by atoms with Gasteiger partial charge in [-0.3, -0.25) is 4.90 Å². The van der Waals surface area contributed by atoms with Gasteiger partial charge in [-0.1, -0.05) is 0 Å². The highest BCUT2D eigenvalue weighted by Crippen LogP contribution is 2.28. The fourth-order valence-electron chi connectivity index (χ4n) is 2.35. The van der Waals surface area contributed by atoms with Crippen LogP contribution in [0.3, 0.4) is 0 Å². The molecule has 2 aliphatic heterocycles. The molecular weight excluding hydrogens is 321 g/mol.